The Kier molecular flexibility index (Phi) is 4.34. The Morgan fingerprint density at radius 3 is 2.60 bits per heavy atom. The molecule has 0 radical (unpaired) electrons. The maximum Gasteiger partial charge on any atom is 0.168 e. The fourth-order valence-electron chi connectivity index (χ4n) is 3.20. The number of benzene rings is 1. The summed E-state index contributed by atoms with van der Waals surface area (Å²) in [7, 11) is 0. The van der Waals surface area contributed by atoms with Gasteiger partial charge in [0.2, 0.25) is 0 Å². The van der Waals surface area contributed by atoms with Gasteiger partial charge in [-0.3, -0.25) is 0 Å². The van der Waals surface area contributed by atoms with Gasteiger partial charge in [0, 0.05) is 29.0 Å². The first-order valence-corrected chi connectivity index (χ1v) is 8.33. The van der Waals surface area contributed by atoms with Crippen LogP contribution in [0, 0.1) is 0 Å². The Hall–Kier alpha value is -0.580. The van der Waals surface area contributed by atoms with Crippen LogP contribution >= 0.6 is 15.9 Å². The molecule has 1 heterocycles. The molecule has 0 amide bonds. The third kappa shape index (κ3) is 3.02. The van der Waals surface area contributed by atoms with Gasteiger partial charge in [-0.15, -0.1) is 0 Å². The van der Waals surface area contributed by atoms with Crippen molar-refractivity contribution < 1.29 is 9.47 Å². The summed E-state index contributed by atoms with van der Waals surface area (Å²) in [4.78, 5) is 0. The fraction of sp³-hybridized carbons (Fsp3) is 0.625. The van der Waals surface area contributed by atoms with E-state index in [9.17, 15) is 0 Å². The van der Waals surface area contributed by atoms with Gasteiger partial charge in [-0.1, -0.05) is 22.9 Å². The summed E-state index contributed by atoms with van der Waals surface area (Å²) in [6.07, 6.45) is 5.27. The smallest absolute Gasteiger partial charge is 0.168 e. The average Bonchev–Trinajstić information content (AvgIpc) is 2.92. The van der Waals surface area contributed by atoms with Gasteiger partial charge in [0.25, 0.3) is 0 Å². The zero-order valence-electron chi connectivity index (χ0n) is 12.0. The van der Waals surface area contributed by atoms with Crippen LogP contribution in [0.2, 0.25) is 0 Å². The van der Waals surface area contributed by atoms with Gasteiger partial charge >= 0.3 is 0 Å². The lowest BCUT2D eigenvalue weighted by atomic mass is 9.89. The van der Waals surface area contributed by atoms with E-state index in [1.807, 2.05) is 0 Å². The van der Waals surface area contributed by atoms with Crippen LogP contribution < -0.4 is 5.32 Å². The Bertz CT molecular complexity index is 462. The molecule has 1 aromatic carbocycles. The Labute approximate surface area is 129 Å². The van der Waals surface area contributed by atoms with E-state index in [-0.39, 0.29) is 5.79 Å². The largest absolute Gasteiger partial charge is 0.382 e. The second-order valence-corrected chi connectivity index (χ2v) is 6.60. The van der Waals surface area contributed by atoms with Crippen molar-refractivity contribution >= 4 is 21.6 Å². The van der Waals surface area contributed by atoms with Crippen LogP contribution in [0.15, 0.2) is 22.7 Å². The van der Waals surface area contributed by atoms with Gasteiger partial charge in [0.05, 0.1) is 13.2 Å². The van der Waals surface area contributed by atoms with Crippen molar-refractivity contribution in [3.05, 3.63) is 28.2 Å². The topological polar surface area (TPSA) is 30.5 Å². The van der Waals surface area contributed by atoms with Crippen molar-refractivity contribution in [3.63, 3.8) is 0 Å². The molecule has 3 rings (SSSR count). The summed E-state index contributed by atoms with van der Waals surface area (Å²) in [6.45, 7) is 3.71. The molecule has 110 valence electrons. The van der Waals surface area contributed by atoms with Crippen molar-refractivity contribution in [2.24, 2.45) is 0 Å². The van der Waals surface area contributed by atoms with Crippen LogP contribution in [0.5, 0.6) is 0 Å². The number of hydrogen-bond acceptors (Lipinski definition) is 3. The summed E-state index contributed by atoms with van der Waals surface area (Å²) in [5, 5.41) is 3.70. The van der Waals surface area contributed by atoms with Crippen LogP contribution in [0.25, 0.3) is 0 Å². The maximum absolute atomic E-state index is 5.78. The zero-order chi connectivity index (χ0) is 14.0. The molecule has 0 bridgehead atoms. The molecule has 1 saturated heterocycles. The van der Waals surface area contributed by atoms with Crippen LogP contribution in [0.1, 0.15) is 38.2 Å². The lowest BCUT2D eigenvalue weighted by Crippen LogP contribution is -2.39. The van der Waals surface area contributed by atoms with Crippen molar-refractivity contribution in [3.8, 4) is 0 Å². The van der Waals surface area contributed by atoms with Crippen LogP contribution in [-0.2, 0) is 15.9 Å². The standard InChI is InChI=1S/C16H22BrNO2/c1-2-12-11-13(17)3-4-15(12)18-14-5-7-16(8-6-14)19-9-10-20-16/h3-4,11,14,18H,2,5-10H2,1H3. The lowest BCUT2D eigenvalue weighted by molar-refractivity contribution is -0.177. The van der Waals surface area contributed by atoms with E-state index >= 15 is 0 Å². The predicted molar refractivity (Wildman–Crippen MR) is 84.0 cm³/mol. The van der Waals surface area contributed by atoms with Gasteiger partial charge in [0.1, 0.15) is 0 Å². The molecular formula is C16H22BrNO2. The Balaban J connectivity index is 1.62. The highest BCUT2D eigenvalue weighted by atomic mass is 79.9. The third-order valence-electron chi connectivity index (χ3n) is 4.37. The SMILES string of the molecule is CCc1cc(Br)ccc1NC1CCC2(CC1)OCCO2. The Morgan fingerprint density at radius 2 is 1.95 bits per heavy atom. The van der Waals surface area contributed by atoms with Crippen molar-refractivity contribution in [2.75, 3.05) is 18.5 Å². The molecular weight excluding hydrogens is 318 g/mol. The number of anilines is 1. The zero-order valence-corrected chi connectivity index (χ0v) is 13.5. The van der Waals surface area contributed by atoms with Crippen molar-refractivity contribution in [2.45, 2.75) is 50.9 Å². The third-order valence-corrected chi connectivity index (χ3v) is 4.86. The summed E-state index contributed by atoms with van der Waals surface area (Å²) in [5.41, 5.74) is 2.64. The van der Waals surface area contributed by atoms with E-state index in [2.05, 4.69) is 46.4 Å². The van der Waals surface area contributed by atoms with Gasteiger partial charge in [-0.05, 0) is 43.0 Å². The van der Waals surface area contributed by atoms with E-state index in [4.69, 9.17) is 9.47 Å². The number of ether oxygens (including phenoxy) is 2. The number of aryl methyl sites for hydroxylation is 1. The lowest BCUT2D eigenvalue weighted by Gasteiger charge is -2.36. The summed E-state index contributed by atoms with van der Waals surface area (Å²) < 4.78 is 12.7. The highest BCUT2D eigenvalue weighted by molar-refractivity contribution is 9.10. The second kappa shape index (κ2) is 6.04. The molecule has 20 heavy (non-hydrogen) atoms. The molecule has 4 heteroatoms. The quantitative estimate of drug-likeness (QED) is 0.898. The number of rotatable bonds is 3. The minimum atomic E-state index is -0.258. The van der Waals surface area contributed by atoms with Gasteiger partial charge in [-0.25, -0.2) is 0 Å². The summed E-state index contributed by atoms with van der Waals surface area (Å²) >= 11 is 3.54. The number of hydrogen-bond donors (Lipinski definition) is 1. The minimum absolute atomic E-state index is 0.258. The highest BCUT2D eigenvalue weighted by Crippen LogP contribution is 2.37. The van der Waals surface area contributed by atoms with Gasteiger partial charge in [0.15, 0.2) is 5.79 Å². The highest BCUT2D eigenvalue weighted by Gasteiger charge is 2.40. The first-order chi connectivity index (χ1) is 9.71. The molecule has 1 spiro atoms. The average molecular weight is 340 g/mol. The fourth-order valence-corrected chi connectivity index (χ4v) is 3.61. The summed E-state index contributed by atoms with van der Waals surface area (Å²) in [6, 6.07) is 7.01. The van der Waals surface area contributed by atoms with Crippen molar-refractivity contribution in [1.29, 1.82) is 0 Å². The minimum Gasteiger partial charge on any atom is -0.382 e. The predicted octanol–water partition coefficient (Wildman–Crippen LogP) is 4.11. The normalized spacial score (nSPS) is 22.3. The number of nitrogens with one attached hydrogen (secondary N) is 1. The molecule has 1 aliphatic carbocycles. The van der Waals surface area contributed by atoms with E-state index in [1.54, 1.807) is 0 Å². The first-order valence-electron chi connectivity index (χ1n) is 7.54. The van der Waals surface area contributed by atoms with Gasteiger partial charge in [-0.2, -0.15) is 0 Å². The molecule has 1 saturated carbocycles. The van der Waals surface area contributed by atoms with E-state index < -0.39 is 0 Å². The Morgan fingerprint density at radius 1 is 1.25 bits per heavy atom. The van der Waals surface area contributed by atoms with E-state index in [0.29, 0.717) is 6.04 Å². The van der Waals surface area contributed by atoms with Gasteiger partial charge < -0.3 is 14.8 Å². The molecule has 0 unspecified atom stereocenters. The summed E-state index contributed by atoms with van der Waals surface area (Å²) in [5.74, 6) is -0.258. The molecule has 1 aromatic rings. The van der Waals surface area contributed by atoms with E-state index in [0.717, 1.165) is 49.8 Å². The molecule has 2 aliphatic rings. The first kappa shape index (κ1) is 14.4. The number of halogens is 1. The molecule has 3 nitrogen and oxygen atoms in total. The van der Waals surface area contributed by atoms with Crippen LogP contribution in [-0.4, -0.2) is 25.0 Å². The molecule has 0 atom stereocenters. The second-order valence-electron chi connectivity index (χ2n) is 5.68. The van der Waals surface area contributed by atoms with E-state index in [1.165, 1.54) is 11.3 Å². The molecule has 2 fully saturated rings. The maximum atomic E-state index is 5.78. The molecule has 0 aromatic heterocycles. The monoisotopic (exact) mass is 339 g/mol. The van der Waals surface area contributed by atoms with Crippen LogP contribution in [0.3, 0.4) is 0 Å². The molecule has 1 N–H and O–H groups in total. The molecule has 1 aliphatic heterocycles. The van der Waals surface area contributed by atoms with Crippen molar-refractivity contribution in [1.82, 2.24) is 0 Å². The van der Waals surface area contributed by atoms with Crippen LogP contribution in [0.4, 0.5) is 5.69 Å².